The molecule has 1 unspecified atom stereocenters. The van der Waals surface area contributed by atoms with Gasteiger partial charge in [-0.15, -0.1) is 0 Å². The van der Waals surface area contributed by atoms with Crippen LogP contribution in [0.3, 0.4) is 0 Å². The van der Waals surface area contributed by atoms with Crippen molar-refractivity contribution in [3.63, 3.8) is 0 Å². The van der Waals surface area contributed by atoms with Crippen LogP contribution in [-0.4, -0.2) is 27.8 Å². The third-order valence-corrected chi connectivity index (χ3v) is 4.09. The van der Waals surface area contributed by atoms with Crippen molar-refractivity contribution in [2.24, 2.45) is 0 Å². The topological polar surface area (TPSA) is 95.8 Å². The van der Waals surface area contributed by atoms with Crippen LogP contribution in [0, 0.1) is 11.3 Å². The zero-order chi connectivity index (χ0) is 17.5. The van der Waals surface area contributed by atoms with Gasteiger partial charge in [0.05, 0.1) is 12.3 Å². The van der Waals surface area contributed by atoms with E-state index in [0.29, 0.717) is 17.9 Å². The smallest absolute Gasteiger partial charge is 0.319 e. The summed E-state index contributed by atoms with van der Waals surface area (Å²) in [6.45, 7) is 3.95. The molecule has 0 aliphatic heterocycles. The Balaban J connectivity index is 2.33. The zero-order valence-corrected chi connectivity index (χ0v) is 14.2. The van der Waals surface area contributed by atoms with Gasteiger partial charge < -0.3 is 9.72 Å². The van der Waals surface area contributed by atoms with Gasteiger partial charge in [-0.25, -0.2) is 4.98 Å². The lowest BCUT2D eigenvalue weighted by atomic mass is 10.1. The van der Waals surface area contributed by atoms with E-state index in [0.717, 1.165) is 18.2 Å². The summed E-state index contributed by atoms with van der Waals surface area (Å²) < 4.78 is 5.08. The number of nitrogens with zero attached hydrogens (tertiary/aromatic N) is 2. The monoisotopic (exact) mass is 343 g/mol. The molecule has 1 N–H and O–H groups in total. The number of carbonyl (C=O) groups is 1. The molecule has 0 bridgehead atoms. The molecule has 1 aromatic carbocycles. The maximum Gasteiger partial charge on any atom is 0.319 e. The molecule has 7 heteroatoms. The summed E-state index contributed by atoms with van der Waals surface area (Å²) in [7, 11) is 0. The Labute approximate surface area is 143 Å². The first-order valence-electron chi connectivity index (χ1n) is 7.50. The Morgan fingerprint density at radius 3 is 2.75 bits per heavy atom. The van der Waals surface area contributed by atoms with Crippen LogP contribution >= 0.6 is 11.8 Å². The van der Waals surface area contributed by atoms with Crippen LogP contribution in [0.5, 0.6) is 0 Å². The van der Waals surface area contributed by atoms with E-state index < -0.39 is 10.8 Å². The van der Waals surface area contributed by atoms with Crippen LogP contribution in [0.1, 0.15) is 25.8 Å². The Kier molecular flexibility index (Phi) is 6.15. The van der Waals surface area contributed by atoms with Crippen LogP contribution in [0.15, 0.2) is 40.3 Å². The number of benzene rings is 1. The number of thioether (sulfide) groups is 1. The Hall–Kier alpha value is -2.59. The minimum Gasteiger partial charge on any atom is -0.465 e. The number of H-pyrrole nitrogens is 1. The van der Waals surface area contributed by atoms with Crippen molar-refractivity contribution in [1.82, 2.24) is 9.97 Å². The van der Waals surface area contributed by atoms with Gasteiger partial charge in [-0.05, 0) is 13.3 Å². The fourth-order valence-corrected chi connectivity index (χ4v) is 2.75. The Morgan fingerprint density at radius 2 is 2.12 bits per heavy atom. The lowest BCUT2D eigenvalue weighted by Gasteiger charge is -2.11. The van der Waals surface area contributed by atoms with E-state index in [4.69, 9.17) is 4.74 Å². The second-order valence-electron chi connectivity index (χ2n) is 5.00. The van der Waals surface area contributed by atoms with E-state index in [2.05, 4.69) is 9.97 Å². The highest BCUT2D eigenvalue weighted by atomic mass is 32.2. The van der Waals surface area contributed by atoms with Crippen molar-refractivity contribution < 1.29 is 9.53 Å². The third-order valence-electron chi connectivity index (χ3n) is 3.13. The first-order chi connectivity index (χ1) is 11.6. The molecular weight excluding hydrogens is 326 g/mol. The first-order valence-corrected chi connectivity index (χ1v) is 8.38. The van der Waals surface area contributed by atoms with Crippen molar-refractivity contribution in [1.29, 1.82) is 5.26 Å². The predicted octanol–water partition coefficient (Wildman–Crippen LogP) is 2.74. The second kappa shape index (κ2) is 8.31. The van der Waals surface area contributed by atoms with E-state index >= 15 is 0 Å². The molecule has 1 aromatic heterocycles. The summed E-state index contributed by atoms with van der Waals surface area (Å²) in [4.78, 5) is 30.9. The maximum atomic E-state index is 12.1. The minimum absolute atomic E-state index is 0.0493. The van der Waals surface area contributed by atoms with Crippen LogP contribution in [0.4, 0.5) is 0 Å². The molecule has 0 spiro atoms. The molecule has 0 fully saturated rings. The van der Waals surface area contributed by atoms with Gasteiger partial charge >= 0.3 is 5.97 Å². The molecule has 1 heterocycles. The fraction of sp³-hybridized carbons (Fsp3) is 0.294. The molecule has 1 atom stereocenters. The maximum absolute atomic E-state index is 12.1. The van der Waals surface area contributed by atoms with Crippen LogP contribution in [-0.2, 0) is 9.53 Å². The molecule has 0 amide bonds. The summed E-state index contributed by atoms with van der Waals surface area (Å²) in [6, 6.07) is 10.9. The van der Waals surface area contributed by atoms with Crippen molar-refractivity contribution >= 4 is 17.7 Å². The predicted molar refractivity (Wildman–Crippen MR) is 91.6 cm³/mol. The molecular formula is C17H17N3O3S. The Bertz CT molecular complexity index is 812. The quantitative estimate of drug-likeness (QED) is 0.492. The number of nitrogens with one attached hydrogen (secondary N) is 1. The molecule has 24 heavy (non-hydrogen) atoms. The second-order valence-corrected chi connectivity index (χ2v) is 6.33. The average Bonchev–Trinajstić information content (AvgIpc) is 2.59. The lowest BCUT2D eigenvalue weighted by molar-refractivity contribution is -0.142. The highest BCUT2D eigenvalue weighted by Gasteiger charge is 2.19. The fourth-order valence-electron chi connectivity index (χ4n) is 1.95. The third kappa shape index (κ3) is 4.24. The number of aromatic amines is 1. The average molecular weight is 343 g/mol. The molecule has 0 saturated heterocycles. The number of ether oxygens (including phenoxy) is 1. The largest absolute Gasteiger partial charge is 0.465 e. The zero-order valence-electron chi connectivity index (χ0n) is 13.4. The molecule has 6 nitrogen and oxygen atoms in total. The van der Waals surface area contributed by atoms with Crippen molar-refractivity contribution in [2.75, 3.05) is 6.61 Å². The van der Waals surface area contributed by atoms with E-state index in [1.807, 2.05) is 19.1 Å². The summed E-state index contributed by atoms with van der Waals surface area (Å²) in [5.74, 6) is -0.366. The summed E-state index contributed by atoms with van der Waals surface area (Å²) in [5.41, 5.74) is 0.399. The highest BCUT2D eigenvalue weighted by Crippen LogP contribution is 2.24. The number of hydrogen-bond acceptors (Lipinski definition) is 6. The normalized spacial score (nSPS) is 11.5. The van der Waals surface area contributed by atoms with Gasteiger partial charge in [-0.3, -0.25) is 9.59 Å². The van der Waals surface area contributed by atoms with E-state index in [1.165, 1.54) is 0 Å². The standard InChI is InChI=1S/C17H17N3O3S/c1-3-9-23-16(22)11(2)24-17-19-14(12-7-5-4-6-8-12)13(10-18)15(21)20-17/h4-8,11H,3,9H2,1-2H3,(H,19,20,21). The molecule has 2 rings (SSSR count). The highest BCUT2D eigenvalue weighted by molar-refractivity contribution is 8.00. The number of carbonyl (C=O) groups excluding carboxylic acids is 1. The van der Waals surface area contributed by atoms with Crippen LogP contribution in [0.25, 0.3) is 11.3 Å². The number of esters is 1. The van der Waals surface area contributed by atoms with E-state index in [1.54, 1.807) is 31.2 Å². The van der Waals surface area contributed by atoms with Crippen LogP contribution < -0.4 is 5.56 Å². The molecule has 0 radical (unpaired) electrons. The molecule has 2 aromatic rings. The van der Waals surface area contributed by atoms with Gasteiger partial charge in [0.15, 0.2) is 5.16 Å². The lowest BCUT2D eigenvalue weighted by Crippen LogP contribution is -2.20. The van der Waals surface area contributed by atoms with Gasteiger partial charge in [0.2, 0.25) is 0 Å². The van der Waals surface area contributed by atoms with Crippen molar-refractivity contribution in [3.05, 3.63) is 46.2 Å². The van der Waals surface area contributed by atoms with E-state index in [-0.39, 0.29) is 16.7 Å². The summed E-state index contributed by atoms with van der Waals surface area (Å²) in [5, 5.41) is 8.99. The first kappa shape index (κ1) is 17.8. The van der Waals surface area contributed by atoms with Gasteiger partial charge in [-0.1, -0.05) is 49.0 Å². The number of nitriles is 1. The summed E-state index contributed by atoms with van der Waals surface area (Å²) in [6.07, 6.45) is 0.743. The number of hydrogen-bond donors (Lipinski definition) is 1. The molecule has 124 valence electrons. The molecule has 0 aliphatic carbocycles. The van der Waals surface area contributed by atoms with Gasteiger partial charge in [0.25, 0.3) is 5.56 Å². The van der Waals surface area contributed by atoms with E-state index in [9.17, 15) is 14.9 Å². The van der Waals surface area contributed by atoms with Crippen molar-refractivity contribution in [3.8, 4) is 17.3 Å². The Morgan fingerprint density at radius 1 is 1.42 bits per heavy atom. The molecule has 0 saturated carbocycles. The summed E-state index contributed by atoms with van der Waals surface area (Å²) >= 11 is 1.09. The van der Waals surface area contributed by atoms with Gasteiger partial charge in [0, 0.05) is 5.56 Å². The SMILES string of the molecule is CCCOC(=O)C(C)Sc1nc(-c2ccccc2)c(C#N)c(=O)[nH]1. The van der Waals surface area contributed by atoms with Crippen LogP contribution in [0.2, 0.25) is 0 Å². The number of rotatable bonds is 6. The number of aromatic nitrogens is 2. The molecule has 0 aliphatic rings. The van der Waals surface area contributed by atoms with Gasteiger partial charge in [0.1, 0.15) is 16.9 Å². The van der Waals surface area contributed by atoms with Gasteiger partial charge in [-0.2, -0.15) is 5.26 Å². The van der Waals surface area contributed by atoms with Crippen molar-refractivity contribution in [2.45, 2.75) is 30.7 Å². The minimum atomic E-state index is -0.525.